The second kappa shape index (κ2) is 8.95. The van der Waals surface area contributed by atoms with Crippen LogP contribution in [-0.2, 0) is 0 Å². The molecule has 1 aromatic carbocycles. The Hall–Kier alpha value is -2.10. The molecule has 118 valence electrons. The van der Waals surface area contributed by atoms with Crippen molar-refractivity contribution in [2.24, 2.45) is 0 Å². The van der Waals surface area contributed by atoms with Gasteiger partial charge in [-0.15, -0.1) is 0 Å². The lowest BCUT2D eigenvalue weighted by molar-refractivity contribution is -0.383. The summed E-state index contributed by atoms with van der Waals surface area (Å²) in [4.78, 5) is 10.8. The average molecular weight is 300 g/mol. The fourth-order valence-electron chi connectivity index (χ4n) is 1.81. The molecule has 1 rings (SSSR count). The molecule has 21 heavy (non-hydrogen) atoms. The lowest BCUT2D eigenvalue weighted by Crippen LogP contribution is -2.14. The molecule has 0 aliphatic heterocycles. The number of hydrogen-bond donors (Lipinski definition) is 6. The molecule has 0 amide bonds. The number of anilines is 3. The number of nitrogens with zero attached hydrogens (tertiary/aromatic N) is 1. The number of nitro groups is 1. The minimum Gasteiger partial charge on any atom is -0.395 e. The van der Waals surface area contributed by atoms with Gasteiger partial charge in [0.1, 0.15) is 11.4 Å². The molecule has 0 bridgehead atoms. The van der Waals surface area contributed by atoms with Gasteiger partial charge < -0.3 is 31.3 Å². The van der Waals surface area contributed by atoms with Crippen molar-refractivity contribution >= 4 is 22.7 Å². The van der Waals surface area contributed by atoms with Gasteiger partial charge in [0, 0.05) is 19.6 Å². The van der Waals surface area contributed by atoms with Crippen molar-refractivity contribution in [3.63, 3.8) is 0 Å². The van der Waals surface area contributed by atoms with Gasteiger partial charge in [0.25, 0.3) is 0 Å². The molecule has 0 saturated heterocycles. The number of hydrogen-bond acceptors (Lipinski definition) is 8. The summed E-state index contributed by atoms with van der Waals surface area (Å²) in [6, 6.07) is 3.15. The Kier molecular flexibility index (Phi) is 7.23. The first-order valence-electron chi connectivity index (χ1n) is 6.51. The van der Waals surface area contributed by atoms with E-state index in [9.17, 15) is 10.1 Å². The van der Waals surface area contributed by atoms with Crippen LogP contribution in [0.2, 0.25) is 0 Å². The SMILES string of the molecule is O=[N+]([O-])c1c(NCCO)ccc(NCCO)c1NCCO. The number of benzene rings is 1. The summed E-state index contributed by atoms with van der Waals surface area (Å²) in [6.45, 7) is 0.139. The largest absolute Gasteiger partial charge is 0.395 e. The van der Waals surface area contributed by atoms with Gasteiger partial charge in [-0.1, -0.05) is 0 Å². The number of nitro benzene ring substituents is 1. The van der Waals surface area contributed by atoms with Crippen molar-refractivity contribution in [1.82, 2.24) is 0 Å². The van der Waals surface area contributed by atoms with Gasteiger partial charge in [0.2, 0.25) is 0 Å². The predicted molar refractivity (Wildman–Crippen MR) is 79.8 cm³/mol. The summed E-state index contributed by atoms with van der Waals surface area (Å²) in [6.07, 6.45) is 0. The number of rotatable bonds is 10. The first-order valence-corrected chi connectivity index (χ1v) is 6.51. The summed E-state index contributed by atoms with van der Waals surface area (Å²) in [5, 5.41) is 46.3. The summed E-state index contributed by atoms with van der Waals surface area (Å²) in [5.74, 6) is 0. The lowest BCUT2D eigenvalue weighted by Gasteiger charge is -2.16. The average Bonchev–Trinajstić information content (AvgIpc) is 2.48. The van der Waals surface area contributed by atoms with Crippen molar-refractivity contribution in [2.75, 3.05) is 55.4 Å². The van der Waals surface area contributed by atoms with E-state index in [1.165, 1.54) is 6.07 Å². The van der Waals surface area contributed by atoms with Crippen molar-refractivity contribution in [3.05, 3.63) is 22.2 Å². The van der Waals surface area contributed by atoms with Gasteiger partial charge in [-0.25, -0.2) is 0 Å². The quantitative estimate of drug-likeness (QED) is 0.258. The smallest absolute Gasteiger partial charge is 0.317 e. The minimum absolute atomic E-state index is 0.113. The van der Waals surface area contributed by atoms with Crippen molar-refractivity contribution in [2.45, 2.75) is 0 Å². The highest BCUT2D eigenvalue weighted by molar-refractivity contribution is 5.86. The zero-order valence-corrected chi connectivity index (χ0v) is 11.5. The molecule has 9 nitrogen and oxygen atoms in total. The third-order valence-corrected chi connectivity index (χ3v) is 2.63. The molecule has 0 spiro atoms. The molecule has 0 heterocycles. The van der Waals surface area contributed by atoms with E-state index in [2.05, 4.69) is 16.0 Å². The summed E-state index contributed by atoms with van der Waals surface area (Å²) >= 11 is 0. The third kappa shape index (κ3) is 4.74. The van der Waals surface area contributed by atoms with Gasteiger partial charge in [-0.2, -0.15) is 0 Å². The summed E-state index contributed by atoms with van der Waals surface area (Å²) in [5.41, 5.74) is 0.771. The predicted octanol–water partition coefficient (Wildman–Crippen LogP) is -0.193. The highest BCUT2D eigenvalue weighted by atomic mass is 16.6. The maximum absolute atomic E-state index is 11.3. The topological polar surface area (TPSA) is 140 Å². The Morgan fingerprint density at radius 2 is 1.38 bits per heavy atom. The first-order chi connectivity index (χ1) is 10.2. The van der Waals surface area contributed by atoms with Crippen LogP contribution >= 0.6 is 0 Å². The van der Waals surface area contributed by atoms with Gasteiger partial charge in [0.15, 0.2) is 0 Å². The van der Waals surface area contributed by atoms with Crippen LogP contribution < -0.4 is 16.0 Å². The standard InChI is InChI=1S/C12H20N4O5/c17-6-3-13-9-1-2-10(14-4-7-18)12(16(20)21)11(9)15-5-8-19/h1-2,13-15,17-19H,3-8H2. The van der Waals surface area contributed by atoms with Crippen LogP contribution in [0.4, 0.5) is 22.7 Å². The molecule has 0 saturated carbocycles. The van der Waals surface area contributed by atoms with E-state index >= 15 is 0 Å². The van der Waals surface area contributed by atoms with Crippen LogP contribution in [-0.4, -0.2) is 59.7 Å². The third-order valence-electron chi connectivity index (χ3n) is 2.63. The summed E-state index contributed by atoms with van der Waals surface area (Å²) < 4.78 is 0. The second-order valence-electron chi connectivity index (χ2n) is 4.09. The molecule has 0 fully saturated rings. The number of nitrogens with one attached hydrogen (secondary N) is 3. The minimum atomic E-state index is -0.538. The number of aliphatic hydroxyl groups excluding tert-OH is 3. The molecule has 0 atom stereocenters. The Morgan fingerprint density at radius 3 is 1.90 bits per heavy atom. The molecule has 0 unspecified atom stereocenters. The molecule has 0 aromatic heterocycles. The van der Waals surface area contributed by atoms with Crippen LogP contribution in [0.1, 0.15) is 0 Å². The van der Waals surface area contributed by atoms with Crippen LogP contribution in [0.3, 0.4) is 0 Å². The van der Waals surface area contributed by atoms with E-state index in [-0.39, 0.29) is 56.5 Å². The fourth-order valence-corrected chi connectivity index (χ4v) is 1.81. The van der Waals surface area contributed by atoms with Crippen molar-refractivity contribution < 1.29 is 20.2 Å². The van der Waals surface area contributed by atoms with Crippen molar-refractivity contribution in [3.8, 4) is 0 Å². The van der Waals surface area contributed by atoms with Crippen LogP contribution in [0.15, 0.2) is 12.1 Å². The van der Waals surface area contributed by atoms with E-state index in [0.717, 1.165) is 0 Å². The zero-order chi connectivity index (χ0) is 15.7. The first kappa shape index (κ1) is 17.0. The van der Waals surface area contributed by atoms with Crippen LogP contribution in [0.5, 0.6) is 0 Å². The molecular weight excluding hydrogens is 280 g/mol. The number of aliphatic hydroxyl groups is 3. The van der Waals surface area contributed by atoms with Crippen LogP contribution in [0.25, 0.3) is 0 Å². The Bertz CT molecular complexity index is 469. The second-order valence-corrected chi connectivity index (χ2v) is 4.09. The zero-order valence-electron chi connectivity index (χ0n) is 11.5. The molecule has 0 radical (unpaired) electrons. The highest BCUT2D eigenvalue weighted by Gasteiger charge is 2.23. The molecule has 9 heteroatoms. The van der Waals surface area contributed by atoms with Gasteiger partial charge in [-0.3, -0.25) is 10.1 Å². The molecule has 6 N–H and O–H groups in total. The van der Waals surface area contributed by atoms with E-state index in [1.54, 1.807) is 6.07 Å². The van der Waals surface area contributed by atoms with Gasteiger partial charge >= 0.3 is 5.69 Å². The fraction of sp³-hybridized carbons (Fsp3) is 0.500. The molecule has 0 aliphatic carbocycles. The molecular formula is C12H20N4O5. The van der Waals surface area contributed by atoms with Crippen LogP contribution in [0, 0.1) is 10.1 Å². The van der Waals surface area contributed by atoms with E-state index < -0.39 is 4.92 Å². The molecule has 1 aromatic rings. The normalized spacial score (nSPS) is 10.2. The van der Waals surface area contributed by atoms with Gasteiger partial charge in [-0.05, 0) is 12.1 Å². The maximum atomic E-state index is 11.3. The van der Waals surface area contributed by atoms with Gasteiger partial charge in [0.05, 0.1) is 30.4 Å². The lowest BCUT2D eigenvalue weighted by atomic mass is 10.2. The monoisotopic (exact) mass is 300 g/mol. The Morgan fingerprint density at radius 1 is 0.905 bits per heavy atom. The Labute approximate surface area is 121 Å². The maximum Gasteiger partial charge on any atom is 0.317 e. The summed E-state index contributed by atoms with van der Waals surface area (Å²) in [7, 11) is 0. The van der Waals surface area contributed by atoms with E-state index in [0.29, 0.717) is 5.69 Å². The van der Waals surface area contributed by atoms with Crippen molar-refractivity contribution in [1.29, 1.82) is 0 Å². The Balaban J connectivity index is 3.20. The highest BCUT2D eigenvalue weighted by Crippen LogP contribution is 2.38. The molecule has 0 aliphatic rings. The van der Waals surface area contributed by atoms with E-state index in [1.807, 2.05) is 0 Å². The van der Waals surface area contributed by atoms with E-state index in [4.69, 9.17) is 15.3 Å².